The molecule has 0 amide bonds. The zero-order valence-corrected chi connectivity index (χ0v) is 11.3. The molecule has 5 heteroatoms. The molecule has 18 heavy (non-hydrogen) atoms. The molecule has 0 bridgehead atoms. The molecule has 1 saturated heterocycles. The molecule has 0 aromatic heterocycles. The molecule has 0 aromatic carbocycles. The molecule has 2 rings (SSSR count). The zero-order valence-electron chi connectivity index (χ0n) is 11.3. The summed E-state index contributed by atoms with van der Waals surface area (Å²) in [5.41, 5.74) is 0. The quantitative estimate of drug-likeness (QED) is 0.342. The molecule has 1 heterocycles. The van der Waals surface area contributed by atoms with E-state index in [0.29, 0.717) is 12.1 Å². The van der Waals surface area contributed by atoms with Crippen molar-refractivity contribution >= 4 is 0 Å². The van der Waals surface area contributed by atoms with E-state index in [4.69, 9.17) is 10.6 Å². The minimum absolute atomic E-state index is 0.333. The first-order valence-corrected chi connectivity index (χ1v) is 7.32. The van der Waals surface area contributed by atoms with Crippen molar-refractivity contribution in [3.8, 4) is 0 Å². The van der Waals surface area contributed by atoms with Gasteiger partial charge in [-0.3, -0.25) is 0 Å². The minimum Gasteiger partial charge on any atom is -0.378 e. The molecule has 104 valence electrons. The highest BCUT2D eigenvalue weighted by Gasteiger charge is 2.21. The lowest BCUT2D eigenvalue weighted by Gasteiger charge is -2.26. The van der Waals surface area contributed by atoms with E-state index in [9.17, 15) is 0 Å². The van der Waals surface area contributed by atoms with E-state index < -0.39 is 0 Å². The Morgan fingerprint density at radius 3 is 2.50 bits per heavy atom. The van der Waals surface area contributed by atoms with Gasteiger partial charge in [-0.25, -0.2) is 0 Å². The second-order valence-electron chi connectivity index (χ2n) is 5.43. The molecule has 5 nitrogen and oxygen atoms in total. The minimum atomic E-state index is 0.333. The molecule has 0 unspecified atom stereocenters. The molecule has 0 spiro atoms. The Balaban J connectivity index is 1.49. The molecule has 2 fully saturated rings. The predicted octanol–water partition coefficient (Wildman–Crippen LogP) is 2.13. The number of nitrogens with zero attached hydrogens (tertiary/aromatic N) is 3. The first-order valence-electron chi connectivity index (χ1n) is 7.32. The average Bonchev–Trinajstić information content (AvgIpc) is 2.90. The van der Waals surface area contributed by atoms with Crippen molar-refractivity contribution in [2.24, 2.45) is 16.2 Å². The van der Waals surface area contributed by atoms with Crippen molar-refractivity contribution in [3.05, 3.63) is 0 Å². The van der Waals surface area contributed by atoms with Crippen molar-refractivity contribution in [1.82, 2.24) is 4.90 Å². The van der Waals surface area contributed by atoms with Crippen molar-refractivity contribution in [2.45, 2.75) is 57.1 Å². The highest BCUT2D eigenvalue weighted by molar-refractivity contribution is 4.76. The second kappa shape index (κ2) is 7.69. The second-order valence-corrected chi connectivity index (χ2v) is 5.43. The third kappa shape index (κ3) is 4.53. The monoisotopic (exact) mass is 254 g/mol. The molecular formula is C13H26N4O. The van der Waals surface area contributed by atoms with Gasteiger partial charge in [0.2, 0.25) is 0 Å². The van der Waals surface area contributed by atoms with Gasteiger partial charge in [0.1, 0.15) is 0 Å². The summed E-state index contributed by atoms with van der Waals surface area (Å²) in [4.78, 5) is 2.54. The summed E-state index contributed by atoms with van der Waals surface area (Å²) in [5.74, 6) is 5.07. The van der Waals surface area contributed by atoms with Gasteiger partial charge in [0.15, 0.2) is 0 Å². The van der Waals surface area contributed by atoms with Crippen LogP contribution in [0, 0.1) is 0 Å². The van der Waals surface area contributed by atoms with Gasteiger partial charge in [0, 0.05) is 13.2 Å². The highest BCUT2D eigenvalue weighted by atomic mass is 16.5. The number of nitrogens with two attached hydrogens (primary N) is 1. The van der Waals surface area contributed by atoms with Crippen molar-refractivity contribution in [1.29, 1.82) is 0 Å². The Bertz CT molecular complexity index is 245. The van der Waals surface area contributed by atoms with Gasteiger partial charge < -0.3 is 15.5 Å². The smallest absolute Gasteiger partial charge is 0.0731 e. The predicted molar refractivity (Wildman–Crippen MR) is 71.3 cm³/mol. The van der Waals surface area contributed by atoms with Gasteiger partial charge in [-0.1, -0.05) is 5.22 Å². The summed E-state index contributed by atoms with van der Waals surface area (Å²) in [5, 5.41) is 7.39. The van der Waals surface area contributed by atoms with Gasteiger partial charge >= 0.3 is 0 Å². The molecule has 2 aliphatic rings. The number of rotatable bonds is 6. The molecule has 0 aromatic rings. The number of hydrogen-bond acceptors (Lipinski definition) is 4. The molecule has 1 saturated carbocycles. The first kappa shape index (κ1) is 13.7. The molecular weight excluding hydrogens is 228 g/mol. The normalized spacial score (nSPS) is 30.2. The molecule has 0 atom stereocenters. The van der Waals surface area contributed by atoms with Crippen LogP contribution >= 0.6 is 0 Å². The van der Waals surface area contributed by atoms with Crippen molar-refractivity contribution in [2.75, 3.05) is 26.2 Å². The summed E-state index contributed by atoms with van der Waals surface area (Å²) in [6, 6.07) is 0.333. The van der Waals surface area contributed by atoms with Crippen molar-refractivity contribution in [3.63, 3.8) is 0 Å². The van der Waals surface area contributed by atoms with Crippen LogP contribution in [0.3, 0.4) is 0 Å². The fourth-order valence-corrected chi connectivity index (χ4v) is 2.97. The maximum atomic E-state index is 5.94. The molecule has 2 N–H and O–H groups in total. The molecule has 0 radical (unpaired) electrons. The maximum Gasteiger partial charge on any atom is 0.0731 e. The fraction of sp³-hybridized carbons (Fsp3) is 1.00. The lowest BCUT2D eigenvalue weighted by molar-refractivity contribution is 0.0209. The summed E-state index contributed by atoms with van der Waals surface area (Å²) in [6.45, 7) is 4.69. The fourth-order valence-electron chi connectivity index (χ4n) is 2.97. The van der Waals surface area contributed by atoms with Crippen LogP contribution in [0.25, 0.3) is 0 Å². The van der Waals surface area contributed by atoms with Crippen LogP contribution in [0.1, 0.15) is 44.9 Å². The number of ether oxygens (including phenoxy) is 1. The maximum absolute atomic E-state index is 5.94. The Morgan fingerprint density at radius 2 is 1.83 bits per heavy atom. The molecule has 1 aliphatic heterocycles. The molecule has 1 aliphatic carbocycles. The van der Waals surface area contributed by atoms with E-state index in [2.05, 4.69) is 15.2 Å². The van der Waals surface area contributed by atoms with Gasteiger partial charge in [0.25, 0.3) is 0 Å². The third-order valence-corrected chi connectivity index (χ3v) is 4.04. The van der Waals surface area contributed by atoms with Crippen LogP contribution in [-0.4, -0.2) is 43.3 Å². The van der Waals surface area contributed by atoms with Gasteiger partial charge in [-0.05, 0) is 58.0 Å². The van der Waals surface area contributed by atoms with Gasteiger partial charge in [-0.2, -0.15) is 5.11 Å². The van der Waals surface area contributed by atoms with Crippen LogP contribution in [0.4, 0.5) is 0 Å². The van der Waals surface area contributed by atoms with E-state index in [1.54, 1.807) is 0 Å². The van der Waals surface area contributed by atoms with E-state index in [1.807, 2.05) is 0 Å². The average molecular weight is 254 g/mol. The summed E-state index contributed by atoms with van der Waals surface area (Å²) >= 11 is 0. The third-order valence-electron chi connectivity index (χ3n) is 4.04. The first-order chi connectivity index (χ1) is 8.88. The van der Waals surface area contributed by atoms with Crippen LogP contribution in [-0.2, 0) is 4.74 Å². The Morgan fingerprint density at radius 1 is 1.11 bits per heavy atom. The van der Waals surface area contributed by atoms with Crippen LogP contribution in [0.5, 0.6) is 0 Å². The number of hydrogen-bond donors (Lipinski definition) is 1. The SMILES string of the molecule is NN=NC1CCC(OCCCN2CCCC2)CC1. The largest absolute Gasteiger partial charge is 0.378 e. The lowest BCUT2D eigenvalue weighted by atomic mass is 9.93. The van der Waals surface area contributed by atoms with E-state index in [0.717, 1.165) is 32.3 Å². The summed E-state index contributed by atoms with van der Waals surface area (Å²) in [6.07, 6.45) is 8.70. The standard InChI is InChI=1S/C13H26N4O/c14-16-15-12-4-6-13(7-5-12)18-11-3-10-17-8-1-2-9-17/h12-13H,1-11H2,(H2,14,15). The highest BCUT2D eigenvalue weighted by Crippen LogP contribution is 2.23. The Labute approximate surface area is 110 Å². The van der Waals surface area contributed by atoms with Gasteiger partial charge in [-0.15, -0.1) is 0 Å². The van der Waals surface area contributed by atoms with Crippen LogP contribution in [0.15, 0.2) is 10.3 Å². The summed E-state index contributed by atoms with van der Waals surface area (Å²) in [7, 11) is 0. The van der Waals surface area contributed by atoms with E-state index in [-0.39, 0.29) is 0 Å². The van der Waals surface area contributed by atoms with E-state index >= 15 is 0 Å². The number of likely N-dealkylation sites (tertiary alicyclic amines) is 1. The summed E-state index contributed by atoms with van der Waals surface area (Å²) < 4.78 is 5.94. The van der Waals surface area contributed by atoms with Gasteiger partial charge in [0.05, 0.1) is 12.1 Å². The zero-order chi connectivity index (χ0) is 12.6. The van der Waals surface area contributed by atoms with Crippen LogP contribution in [0.2, 0.25) is 0 Å². The Kier molecular flexibility index (Phi) is 5.87. The van der Waals surface area contributed by atoms with Crippen LogP contribution < -0.4 is 5.84 Å². The lowest BCUT2D eigenvalue weighted by Crippen LogP contribution is -2.26. The Hall–Kier alpha value is -0.680. The topological polar surface area (TPSA) is 63.2 Å². The van der Waals surface area contributed by atoms with E-state index in [1.165, 1.54) is 38.9 Å². The van der Waals surface area contributed by atoms with Crippen molar-refractivity contribution < 1.29 is 4.74 Å².